The van der Waals surface area contributed by atoms with Crippen LogP contribution in [0.5, 0.6) is 0 Å². The van der Waals surface area contributed by atoms with Crippen LogP contribution in [0, 0.1) is 5.41 Å². The topological polar surface area (TPSA) is 35.2 Å². The standard InChI is InChI=1S/C11H25NO/c1-7-9(8-10(2,3)4)13-11(5,6)12/h9H,7-8,12H2,1-6H3. The summed E-state index contributed by atoms with van der Waals surface area (Å²) in [6.45, 7) is 12.6. The molecule has 0 aromatic heterocycles. The average molecular weight is 187 g/mol. The number of hydrogen-bond donors (Lipinski definition) is 1. The average Bonchev–Trinajstić information content (AvgIpc) is 1.79. The lowest BCUT2D eigenvalue weighted by Crippen LogP contribution is -2.40. The van der Waals surface area contributed by atoms with Gasteiger partial charge in [-0.2, -0.15) is 0 Å². The summed E-state index contributed by atoms with van der Waals surface area (Å²) in [5.41, 5.74) is 5.61. The normalized spacial score (nSPS) is 15.9. The molecule has 0 radical (unpaired) electrons. The third kappa shape index (κ3) is 8.26. The molecule has 2 N–H and O–H groups in total. The van der Waals surface area contributed by atoms with Crippen molar-refractivity contribution in [3.63, 3.8) is 0 Å². The molecule has 0 aliphatic heterocycles. The van der Waals surface area contributed by atoms with E-state index in [-0.39, 0.29) is 6.10 Å². The van der Waals surface area contributed by atoms with Crippen LogP contribution in [0.3, 0.4) is 0 Å². The summed E-state index contributed by atoms with van der Waals surface area (Å²) in [6.07, 6.45) is 2.36. The molecule has 0 saturated carbocycles. The number of nitrogens with two attached hydrogens (primary N) is 1. The molecule has 1 unspecified atom stereocenters. The molecule has 0 aliphatic carbocycles. The third-order valence-electron chi connectivity index (χ3n) is 1.77. The summed E-state index contributed by atoms with van der Waals surface area (Å²) in [5, 5.41) is 0. The Morgan fingerprint density at radius 2 is 1.62 bits per heavy atom. The maximum absolute atomic E-state index is 5.81. The van der Waals surface area contributed by atoms with Gasteiger partial charge < -0.3 is 10.5 Å². The first-order valence-electron chi connectivity index (χ1n) is 5.11. The van der Waals surface area contributed by atoms with Crippen LogP contribution in [0.25, 0.3) is 0 Å². The lowest BCUT2D eigenvalue weighted by molar-refractivity contribution is -0.0822. The largest absolute Gasteiger partial charge is 0.358 e. The van der Waals surface area contributed by atoms with E-state index in [0.717, 1.165) is 12.8 Å². The fourth-order valence-corrected chi connectivity index (χ4v) is 1.38. The molecule has 0 fully saturated rings. The second-order valence-corrected chi connectivity index (χ2v) is 5.52. The van der Waals surface area contributed by atoms with Crippen LogP contribution < -0.4 is 5.73 Å². The van der Waals surface area contributed by atoms with E-state index in [9.17, 15) is 0 Å². The molecule has 0 heterocycles. The minimum Gasteiger partial charge on any atom is -0.358 e. The van der Waals surface area contributed by atoms with E-state index < -0.39 is 5.72 Å². The van der Waals surface area contributed by atoms with E-state index in [4.69, 9.17) is 10.5 Å². The first-order chi connectivity index (χ1) is 5.64. The third-order valence-corrected chi connectivity index (χ3v) is 1.77. The van der Waals surface area contributed by atoms with Gasteiger partial charge in [-0.1, -0.05) is 27.7 Å². The molecular weight excluding hydrogens is 162 g/mol. The molecule has 0 saturated heterocycles. The highest BCUT2D eigenvalue weighted by Gasteiger charge is 2.22. The molecular formula is C11H25NO. The van der Waals surface area contributed by atoms with E-state index in [1.165, 1.54) is 0 Å². The SMILES string of the molecule is CCC(CC(C)(C)C)OC(C)(C)N. The maximum Gasteiger partial charge on any atom is 0.111 e. The summed E-state index contributed by atoms with van der Waals surface area (Å²) in [7, 11) is 0. The predicted octanol–water partition coefficient (Wildman–Crippen LogP) is 2.91. The van der Waals surface area contributed by atoms with Crippen molar-refractivity contribution < 1.29 is 4.74 Å². The molecule has 0 bridgehead atoms. The molecule has 0 aromatic carbocycles. The molecule has 0 aromatic rings. The minimum absolute atomic E-state index is 0.278. The Morgan fingerprint density at radius 3 is 1.85 bits per heavy atom. The highest BCUT2D eigenvalue weighted by atomic mass is 16.5. The molecule has 0 spiro atoms. The summed E-state index contributed by atoms with van der Waals surface area (Å²) in [5.74, 6) is 0. The zero-order chi connectivity index (χ0) is 10.7. The van der Waals surface area contributed by atoms with Gasteiger partial charge >= 0.3 is 0 Å². The fourth-order valence-electron chi connectivity index (χ4n) is 1.38. The molecule has 0 aliphatic rings. The quantitative estimate of drug-likeness (QED) is 0.687. The van der Waals surface area contributed by atoms with Crippen LogP contribution in [0.1, 0.15) is 54.4 Å². The Labute approximate surface area is 82.8 Å². The van der Waals surface area contributed by atoms with Gasteiger partial charge in [0.2, 0.25) is 0 Å². The first kappa shape index (κ1) is 12.9. The van der Waals surface area contributed by atoms with Crippen molar-refractivity contribution in [2.24, 2.45) is 11.1 Å². The highest BCUT2D eigenvalue weighted by molar-refractivity contribution is 4.71. The van der Waals surface area contributed by atoms with Crippen LogP contribution in [-0.4, -0.2) is 11.8 Å². The Kier molecular flexibility index (Phi) is 4.40. The van der Waals surface area contributed by atoms with Gasteiger partial charge in [-0.25, -0.2) is 0 Å². The zero-order valence-corrected chi connectivity index (χ0v) is 9.98. The van der Waals surface area contributed by atoms with E-state index in [1.54, 1.807) is 0 Å². The van der Waals surface area contributed by atoms with Gasteiger partial charge in [-0.3, -0.25) is 0 Å². The second-order valence-electron chi connectivity index (χ2n) is 5.52. The summed E-state index contributed by atoms with van der Waals surface area (Å²) >= 11 is 0. The summed E-state index contributed by atoms with van der Waals surface area (Å²) in [4.78, 5) is 0. The van der Waals surface area contributed by atoms with Crippen LogP contribution >= 0.6 is 0 Å². The van der Waals surface area contributed by atoms with Gasteiger partial charge in [0.15, 0.2) is 0 Å². The summed E-state index contributed by atoms with van der Waals surface area (Å²) < 4.78 is 5.74. The van der Waals surface area contributed by atoms with E-state index in [1.807, 2.05) is 13.8 Å². The molecule has 2 heteroatoms. The molecule has 0 rings (SSSR count). The van der Waals surface area contributed by atoms with Crippen LogP contribution in [0.15, 0.2) is 0 Å². The van der Waals surface area contributed by atoms with Crippen molar-refractivity contribution in [2.45, 2.75) is 66.2 Å². The second kappa shape index (κ2) is 4.43. The van der Waals surface area contributed by atoms with Gasteiger partial charge in [0.25, 0.3) is 0 Å². The van der Waals surface area contributed by atoms with Crippen molar-refractivity contribution >= 4 is 0 Å². The Morgan fingerprint density at radius 1 is 1.15 bits per heavy atom. The molecule has 0 amide bonds. The van der Waals surface area contributed by atoms with Gasteiger partial charge in [0.05, 0.1) is 6.10 Å². The van der Waals surface area contributed by atoms with Gasteiger partial charge in [-0.15, -0.1) is 0 Å². The van der Waals surface area contributed by atoms with Gasteiger partial charge in [0.1, 0.15) is 5.72 Å². The lowest BCUT2D eigenvalue weighted by atomic mass is 9.88. The summed E-state index contributed by atoms with van der Waals surface area (Å²) in [6, 6.07) is 0. The predicted molar refractivity (Wildman–Crippen MR) is 57.5 cm³/mol. The molecule has 1 atom stereocenters. The maximum atomic E-state index is 5.81. The van der Waals surface area contributed by atoms with Crippen molar-refractivity contribution in [1.82, 2.24) is 0 Å². The van der Waals surface area contributed by atoms with Gasteiger partial charge in [0, 0.05) is 0 Å². The van der Waals surface area contributed by atoms with E-state index in [2.05, 4.69) is 27.7 Å². The fraction of sp³-hybridized carbons (Fsp3) is 1.00. The van der Waals surface area contributed by atoms with Gasteiger partial charge in [-0.05, 0) is 32.1 Å². The number of hydrogen-bond acceptors (Lipinski definition) is 2. The Hall–Kier alpha value is -0.0800. The number of ether oxygens (including phenoxy) is 1. The Balaban J connectivity index is 4.05. The first-order valence-corrected chi connectivity index (χ1v) is 5.11. The molecule has 2 nitrogen and oxygen atoms in total. The number of rotatable bonds is 4. The van der Waals surface area contributed by atoms with E-state index in [0.29, 0.717) is 5.41 Å². The zero-order valence-electron chi connectivity index (χ0n) is 9.98. The Bertz CT molecular complexity index is 125. The monoisotopic (exact) mass is 187 g/mol. The highest BCUT2D eigenvalue weighted by Crippen LogP contribution is 2.25. The van der Waals surface area contributed by atoms with Crippen LogP contribution in [0.2, 0.25) is 0 Å². The van der Waals surface area contributed by atoms with Crippen molar-refractivity contribution in [2.75, 3.05) is 0 Å². The van der Waals surface area contributed by atoms with Crippen LogP contribution in [-0.2, 0) is 4.74 Å². The van der Waals surface area contributed by atoms with Crippen molar-refractivity contribution in [3.05, 3.63) is 0 Å². The molecule has 13 heavy (non-hydrogen) atoms. The van der Waals surface area contributed by atoms with E-state index >= 15 is 0 Å². The van der Waals surface area contributed by atoms with Crippen molar-refractivity contribution in [3.8, 4) is 0 Å². The molecule has 80 valence electrons. The lowest BCUT2D eigenvalue weighted by Gasteiger charge is -2.31. The van der Waals surface area contributed by atoms with Crippen LogP contribution in [0.4, 0.5) is 0 Å². The minimum atomic E-state index is -0.508. The smallest absolute Gasteiger partial charge is 0.111 e. The van der Waals surface area contributed by atoms with Crippen molar-refractivity contribution in [1.29, 1.82) is 0 Å².